The summed E-state index contributed by atoms with van der Waals surface area (Å²) in [5, 5.41) is 9.60. The number of hydrogen-bond donors (Lipinski definition) is 1. The number of nitrogens with zero attached hydrogens (tertiary/aromatic N) is 2. The lowest BCUT2D eigenvalue weighted by Crippen LogP contribution is -2.56. The van der Waals surface area contributed by atoms with E-state index >= 15 is 0 Å². The van der Waals surface area contributed by atoms with Crippen molar-refractivity contribution in [2.45, 2.75) is 51.7 Å². The van der Waals surface area contributed by atoms with Gasteiger partial charge in [0.2, 0.25) is 0 Å². The van der Waals surface area contributed by atoms with Gasteiger partial charge in [-0.1, -0.05) is 6.07 Å². The molecule has 0 unspecified atom stereocenters. The van der Waals surface area contributed by atoms with Gasteiger partial charge in [0.25, 0.3) is 0 Å². The lowest BCUT2D eigenvalue weighted by Gasteiger charge is -2.45. The maximum Gasteiger partial charge on any atom is 0.122 e. The number of rotatable bonds is 6. The standard InChI is InChI=1S/C21H34N2O2S/c1-16-17(2)21(25-3)5-4-18(16)14-22-9-10-23(15-20(22)6-11-24)19-7-12-26-13-8-19/h4-5,19-20,24H,6-15H2,1-3H3/t20-/m1/s1. The molecule has 0 aliphatic carbocycles. The lowest BCUT2D eigenvalue weighted by atomic mass is 9.99. The average molecular weight is 379 g/mol. The minimum Gasteiger partial charge on any atom is -0.496 e. The zero-order valence-electron chi connectivity index (χ0n) is 16.5. The number of methoxy groups -OCH3 is 1. The molecule has 0 spiro atoms. The van der Waals surface area contributed by atoms with E-state index in [1.807, 2.05) is 0 Å². The van der Waals surface area contributed by atoms with Gasteiger partial charge in [0, 0.05) is 44.9 Å². The molecule has 0 radical (unpaired) electrons. The largest absolute Gasteiger partial charge is 0.496 e. The highest BCUT2D eigenvalue weighted by atomic mass is 32.2. The summed E-state index contributed by atoms with van der Waals surface area (Å²) in [6.07, 6.45) is 3.52. The molecule has 26 heavy (non-hydrogen) atoms. The Kier molecular flexibility index (Phi) is 7.27. The Bertz CT molecular complexity index is 590. The van der Waals surface area contributed by atoms with Crippen LogP contribution in [0.2, 0.25) is 0 Å². The molecular weight excluding hydrogens is 344 g/mol. The Morgan fingerprint density at radius 3 is 2.62 bits per heavy atom. The molecule has 0 aromatic heterocycles. The van der Waals surface area contributed by atoms with E-state index in [9.17, 15) is 5.11 Å². The van der Waals surface area contributed by atoms with E-state index in [1.165, 1.54) is 41.0 Å². The zero-order valence-corrected chi connectivity index (χ0v) is 17.4. The zero-order chi connectivity index (χ0) is 18.5. The van der Waals surface area contributed by atoms with Crippen molar-refractivity contribution in [1.29, 1.82) is 0 Å². The van der Waals surface area contributed by atoms with Crippen LogP contribution in [0.4, 0.5) is 0 Å². The molecule has 146 valence electrons. The van der Waals surface area contributed by atoms with Gasteiger partial charge in [-0.05, 0) is 67.4 Å². The third-order valence-corrected chi connectivity index (χ3v) is 7.30. The van der Waals surface area contributed by atoms with Crippen molar-refractivity contribution < 1.29 is 9.84 Å². The van der Waals surface area contributed by atoms with E-state index in [4.69, 9.17) is 4.74 Å². The predicted octanol–water partition coefficient (Wildman–Crippen LogP) is 3.08. The quantitative estimate of drug-likeness (QED) is 0.823. The van der Waals surface area contributed by atoms with Crippen molar-refractivity contribution in [3.63, 3.8) is 0 Å². The van der Waals surface area contributed by atoms with E-state index in [-0.39, 0.29) is 6.61 Å². The van der Waals surface area contributed by atoms with Crippen LogP contribution in [0.15, 0.2) is 12.1 Å². The first-order valence-electron chi connectivity index (χ1n) is 9.93. The van der Waals surface area contributed by atoms with Crippen LogP contribution in [0.1, 0.15) is 36.0 Å². The van der Waals surface area contributed by atoms with Crippen molar-refractivity contribution in [2.24, 2.45) is 0 Å². The van der Waals surface area contributed by atoms with Gasteiger partial charge in [-0.2, -0.15) is 11.8 Å². The predicted molar refractivity (Wildman–Crippen MR) is 110 cm³/mol. The molecule has 3 rings (SSSR count). The summed E-state index contributed by atoms with van der Waals surface area (Å²) < 4.78 is 5.46. The number of hydrogen-bond acceptors (Lipinski definition) is 5. The maximum atomic E-state index is 9.60. The molecule has 2 saturated heterocycles. The molecule has 0 amide bonds. The number of aliphatic hydroxyl groups excluding tert-OH is 1. The van der Waals surface area contributed by atoms with E-state index in [2.05, 4.69) is 47.5 Å². The van der Waals surface area contributed by atoms with Crippen LogP contribution in [0.3, 0.4) is 0 Å². The molecule has 4 nitrogen and oxygen atoms in total. The minimum absolute atomic E-state index is 0.274. The minimum atomic E-state index is 0.274. The first-order valence-corrected chi connectivity index (χ1v) is 11.1. The molecule has 2 fully saturated rings. The fourth-order valence-electron chi connectivity index (χ4n) is 4.39. The topological polar surface area (TPSA) is 35.9 Å². The molecule has 0 saturated carbocycles. The van der Waals surface area contributed by atoms with Crippen molar-refractivity contribution in [3.05, 3.63) is 28.8 Å². The molecule has 0 bridgehead atoms. The molecule has 1 N–H and O–H groups in total. The first-order chi connectivity index (χ1) is 12.6. The number of aliphatic hydroxyl groups is 1. The van der Waals surface area contributed by atoms with Crippen LogP contribution < -0.4 is 4.74 Å². The highest BCUT2D eigenvalue weighted by molar-refractivity contribution is 7.99. The molecule has 5 heteroatoms. The second-order valence-electron chi connectivity index (χ2n) is 7.65. The molecule has 1 aromatic carbocycles. The van der Waals surface area contributed by atoms with Crippen LogP contribution >= 0.6 is 11.8 Å². The summed E-state index contributed by atoms with van der Waals surface area (Å²) in [6.45, 7) is 8.94. The summed E-state index contributed by atoms with van der Waals surface area (Å²) in [4.78, 5) is 5.28. The van der Waals surface area contributed by atoms with E-state index in [1.54, 1.807) is 7.11 Å². The number of thioether (sulfide) groups is 1. The van der Waals surface area contributed by atoms with E-state index in [0.29, 0.717) is 6.04 Å². The van der Waals surface area contributed by atoms with Crippen LogP contribution in [0.25, 0.3) is 0 Å². The third-order valence-electron chi connectivity index (χ3n) is 6.25. The SMILES string of the molecule is COc1ccc(CN2CCN(C3CCSCC3)C[C@H]2CCO)c(C)c1C. The maximum absolute atomic E-state index is 9.60. The molecule has 2 heterocycles. The van der Waals surface area contributed by atoms with Gasteiger partial charge in [-0.15, -0.1) is 0 Å². The molecule has 1 aromatic rings. The number of ether oxygens (including phenoxy) is 1. The van der Waals surface area contributed by atoms with E-state index in [0.717, 1.165) is 44.4 Å². The number of piperazine rings is 1. The van der Waals surface area contributed by atoms with Gasteiger partial charge >= 0.3 is 0 Å². The Morgan fingerprint density at radius 1 is 1.15 bits per heavy atom. The Hall–Kier alpha value is -0.750. The highest BCUT2D eigenvalue weighted by Gasteiger charge is 2.31. The van der Waals surface area contributed by atoms with E-state index < -0.39 is 0 Å². The summed E-state index contributed by atoms with van der Waals surface area (Å²) in [7, 11) is 1.74. The fraction of sp³-hybridized carbons (Fsp3) is 0.714. The monoisotopic (exact) mass is 378 g/mol. The highest BCUT2D eigenvalue weighted by Crippen LogP contribution is 2.28. The van der Waals surface area contributed by atoms with Crippen LogP contribution in [-0.2, 0) is 6.54 Å². The summed E-state index contributed by atoms with van der Waals surface area (Å²) >= 11 is 2.09. The molecule has 1 atom stereocenters. The van der Waals surface area contributed by atoms with Gasteiger partial charge in [0.05, 0.1) is 7.11 Å². The average Bonchev–Trinajstić information content (AvgIpc) is 2.68. The molecule has 2 aliphatic rings. The van der Waals surface area contributed by atoms with Gasteiger partial charge in [-0.3, -0.25) is 9.80 Å². The summed E-state index contributed by atoms with van der Waals surface area (Å²) in [6, 6.07) is 5.51. The van der Waals surface area contributed by atoms with Gasteiger partial charge in [-0.25, -0.2) is 0 Å². The Morgan fingerprint density at radius 2 is 1.92 bits per heavy atom. The fourth-order valence-corrected chi connectivity index (χ4v) is 5.47. The van der Waals surface area contributed by atoms with Gasteiger partial charge in [0.1, 0.15) is 5.75 Å². The lowest BCUT2D eigenvalue weighted by molar-refractivity contribution is 0.0291. The Balaban J connectivity index is 1.68. The summed E-state index contributed by atoms with van der Waals surface area (Å²) in [5.74, 6) is 3.58. The first kappa shape index (κ1) is 20.0. The smallest absolute Gasteiger partial charge is 0.122 e. The van der Waals surface area contributed by atoms with Crippen molar-refractivity contribution in [1.82, 2.24) is 9.80 Å². The summed E-state index contributed by atoms with van der Waals surface area (Å²) in [5.41, 5.74) is 3.95. The van der Waals surface area contributed by atoms with Crippen LogP contribution in [0, 0.1) is 13.8 Å². The molecule has 2 aliphatic heterocycles. The molecular formula is C21H34N2O2S. The van der Waals surface area contributed by atoms with Crippen LogP contribution in [-0.4, -0.2) is 71.8 Å². The van der Waals surface area contributed by atoms with Gasteiger partial charge in [0.15, 0.2) is 0 Å². The second-order valence-corrected chi connectivity index (χ2v) is 8.88. The Labute approximate surface area is 162 Å². The third kappa shape index (κ3) is 4.56. The van der Waals surface area contributed by atoms with Crippen LogP contribution in [0.5, 0.6) is 5.75 Å². The van der Waals surface area contributed by atoms with Crippen molar-refractivity contribution in [3.8, 4) is 5.75 Å². The van der Waals surface area contributed by atoms with Gasteiger partial charge < -0.3 is 9.84 Å². The normalized spacial score (nSPS) is 23.3. The van der Waals surface area contributed by atoms with Crippen molar-refractivity contribution >= 4 is 11.8 Å². The van der Waals surface area contributed by atoms with Crippen molar-refractivity contribution in [2.75, 3.05) is 44.9 Å². The number of benzene rings is 1. The second kappa shape index (κ2) is 9.45.